The molecule has 0 fully saturated rings. The second-order valence-electron chi connectivity index (χ2n) is 4.31. The fourth-order valence-corrected chi connectivity index (χ4v) is 1.73. The molecule has 0 aliphatic heterocycles. The quantitative estimate of drug-likeness (QED) is 0.779. The Labute approximate surface area is 117 Å². The number of nitrogens with one attached hydrogen (secondary N) is 2. The largest absolute Gasteiger partial charge is 0.508 e. The van der Waals surface area contributed by atoms with Crippen LogP contribution in [0.4, 0.5) is 5.69 Å². The van der Waals surface area contributed by atoms with E-state index in [1.807, 2.05) is 25.1 Å². The Morgan fingerprint density at radius 1 is 1.25 bits per heavy atom. The van der Waals surface area contributed by atoms with Crippen LogP contribution in [-0.2, 0) is 6.54 Å². The zero-order valence-corrected chi connectivity index (χ0v) is 11.3. The number of amides is 1. The molecule has 1 amide bonds. The van der Waals surface area contributed by atoms with Crippen LogP contribution in [0.15, 0.2) is 42.6 Å². The van der Waals surface area contributed by atoms with Crippen molar-refractivity contribution < 1.29 is 9.90 Å². The van der Waals surface area contributed by atoms with E-state index in [1.165, 1.54) is 0 Å². The summed E-state index contributed by atoms with van der Waals surface area (Å²) in [4.78, 5) is 15.7. The van der Waals surface area contributed by atoms with Gasteiger partial charge in [-0.15, -0.1) is 0 Å². The van der Waals surface area contributed by atoms with Crippen LogP contribution in [0.3, 0.4) is 0 Å². The molecule has 0 radical (unpaired) electrons. The number of benzene rings is 1. The Morgan fingerprint density at radius 2 is 2.00 bits per heavy atom. The van der Waals surface area contributed by atoms with Crippen molar-refractivity contribution in [1.82, 2.24) is 10.3 Å². The van der Waals surface area contributed by atoms with Crippen molar-refractivity contribution in [2.75, 3.05) is 11.9 Å². The molecule has 2 aromatic rings. The van der Waals surface area contributed by atoms with Crippen molar-refractivity contribution in [1.29, 1.82) is 0 Å². The first-order valence-corrected chi connectivity index (χ1v) is 6.45. The minimum atomic E-state index is -0.180. The number of aromatic nitrogens is 1. The molecule has 0 saturated heterocycles. The maximum atomic E-state index is 11.7. The standard InChI is InChI=1S/C15H17N3O2/c1-2-16-15(20)14-9-12(7-8-17-14)18-10-11-3-5-13(19)6-4-11/h3-9,19H,2,10H2,1H3,(H,16,20)(H,17,18). The fraction of sp³-hybridized carbons (Fsp3) is 0.200. The van der Waals surface area contributed by atoms with E-state index < -0.39 is 0 Å². The van der Waals surface area contributed by atoms with Gasteiger partial charge in [-0.2, -0.15) is 0 Å². The molecule has 0 saturated carbocycles. The first-order valence-electron chi connectivity index (χ1n) is 6.45. The van der Waals surface area contributed by atoms with Gasteiger partial charge >= 0.3 is 0 Å². The number of carbonyl (C=O) groups excluding carboxylic acids is 1. The van der Waals surface area contributed by atoms with Crippen molar-refractivity contribution in [3.05, 3.63) is 53.9 Å². The lowest BCUT2D eigenvalue weighted by atomic mass is 10.2. The van der Waals surface area contributed by atoms with Crippen LogP contribution >= 0.6 is 0 Å². The van der Waals surface area contributed by atoms with Crippen molar-refractivity contribution in [2.24, 2.45) is 0 Å². The Morgan fingerprint density at radius 3 is 2.70 bits per heavy atom. The van der Waals surface area contributed by atoms with Crippen molar-refractivity contribution in [3.63, 3.8) is 0 Å². The molecule has 0 atom stereocenters. The molecule has 1 aromatic carbocycles. The molecular formula is C15H17N3O2. The monoisotopic (exact) mass is 271 g/mol. The summed E-state index contributed by atoms with van der Waals surface area (Å²) in [5.41, 5.74) is 2.26. The summed E-state index contributed by atoms with van der Waals surface area (Å²) in [6.45, 7) is 3.05. The van der Waals surface area contributed by atoms with Crippen LogP contribution in [0, 0.1) is 0 Å². The highest BCUT2D eigenvalue weighted by Crippen LogP contribution is 2.13. The molecule has 5 heteroatoms. The van der Waals surface area contributed by atoms with Gasteiger partial charge in [-0.25, -0.2) is 0 Å². The molecule has 1 aromatic heterocycles. The van der Waals surface area contributed by atoms with E-state index in [9.17, 15) is 9.90 Å². The zero-order valence-electron chi connectivity index (χ0n) is 11.3. The molecule has 0 unspecified atom stereocenters. The number of hydrogen-bond donors (Lipinski definition) is 3. The molecule has 104 valence electrons. The fourth-order valence-electron chi connectivity index (χ4n) is 1.73. The third kappa shape index (κ3) is 3.71. The summed E-state index contributed by atoms with van der Waals surface area (Å²) in [6, 6.07) is 10.5. The Kier molecular flexibility index (Phi) is 4.55. The van der Waals surface area contributed by atoms with Gasteiger partial charge in [0.1, 0.15) is 11.4 Å². The topological polar surface area (TPSA) is 74.2 Å². The summed E-state index contributed by atoms with van der Waals surface area (Å²) >= 11 is 0. The summed E-state index contributed by atoms with van der Waals surface area (Å²) < 4.78 is 0. The first-order chi connectivity index (χ1) is 9.69. The smallest absolute Gasteiger partial charge is 0.269 e. The number of phenolic OH excluding ortho intramolecular Hbond substituents is 1. The second kappa shape index (κ2) is 6.56. The van der Waals surface area contributed by atoms with Gasteiger partial charge in [-0.3, -0.25) is 9.78 Å². The number of carbonyl (C=O) groups is 1. The minimum absolute atomic E-state index is 0.180. The molecular weight excluding hydrogens is 254 g/mol. The van der Waals surface area contributed by atoms with E-state index in [4.69, 9.17) is 0 Å². The van der Waals surface area contributed by atoms with Crippen molar-refractivity contribution in [3.8, 4) is 5.75 Å². The molecule has 20 heavy (non-hydrogen) atoms. The average molecular weight is 271 g/mol. The Bertz CT molecular complexity index is 582. The molecule has 1 heterocycles. The number of hydrogen-bond acceptors (Lipinski definition) is 4. The maximum Gasteiger partial charge on any atom is 0.269 e. The average Bonchev–Trinajstić information content (AvgIpc) is 2.47. The van der Waals surface area contributed by atoms with Crippen molar-refractivity contribution in [2.45, 2.75) is 13.5 Å². The number of anilines is 1. The molecule has 0 spiro atoms. The summed E-state index contributed by atoms with van der Waals surface area (Å²) in [6.07, 6.45) is 1.60. The van der Waals surface area contributed by atoms with E-state index in [1.54, 1.807) is 24.4 Å². The van der Waals surface area contributed by atoms with Crippen LogP contribution in [0.5, 0.6) is 5.75 Å². The maximum absolute atomic E-state index is 11.7. The van der Waals surface area contributed by atoms with Gasteiger partial charge in [0, 0.05) is 25.0 Å². The molecule has 5 nitrogen and oxygen atoms in total. The van der Waals surface area contributed by atoms with Crippen molar-refractivity contribution >= 4 is 11.6 Å². The van der Waals surface area contributed by atoms with Crippen LogP contribution in [0.25, 0.3) is 0 Å². The number of phenols is 1. The van der Waals surface area contributed by atoms with Crippen LogP contribution in [0.1, 0.15) is 23.0 Å². The number of pyridine rings is 1. The number of nitrogens with zero attached hydrogens (tertiary/aromatic N) is 1. The molecule has 0 aliphatic rings. The van der Waals surface area contributed by atoms with E-state index in [0.29, 0.717) is 18.8 Å². The lowest BCUT2D eigenvalue weighted by molar-refractivity contribution is 0.0951. The van der Waals surface area contributed by atoms with E-state index in [0.717, 1.165) is 11.3 Å². The highest BCUT2D eigenvalue weighted by atomic mass is 16.3. The lowest BCUT2D eigenvalue weighted by Crippen LogP contribution is -2.23. The highest BCUT2D eigenvalue weighted by molar-refractivity contribution is 5.93. The van der Waals surface area contributed by atoms with E-state index in [-0.39, 0.29) is 11.7 Å². The summed E-state index contributed by atoms with van der Waals surface area (Å²) in [5.74, 6) is 0.0666. The number of rotatable bonds is 5. The lowest BCUT2D eigenvalue weighted by Gasteiger charge is -2.08. The SMILES string of the molecule is CCNC(=O)c1cc(NCc2ccc(O)cc2)ccn1. The highest BCUT2D eigenvalue weighted by Gasteiger charge is 2.06. The second-order valence-corrected chi connectivity index (χ2v) is 4.31. The Balaban J connectivity index is 2.01. The predicted molar refractivity (Wildman–Crippen MR) is 77.7 cm³/mol. The van der Waals surface area contributed by atoms with Gasteiger partial charge in [0.25, 0.3) is 5.91 Å². The number of aromatic hydroxyl groups is 1. The van der Waals surface area contributed by atoms with Gasteiger partial charge in [0.2, 0.25) is 0 Å². The van der Waals surface area contributed by atoms with Gasteiger partial charge in [-0.05, 0) is 36.8 Å². The summed E-state index contributed by atoms with van der Waals surface area (Å²) in [7, 11) is 0. The minimum Gasteiger partial charge on any atom is -0.508 e. The van der Waals surface area contributed by atoms with Crippen LogP contribution < -0.4 is 10.6 Å². The third-order valence-corrected chi connectivity index (χ3v) is 2.76. The predicted octanol–water partition coefficient (Wildman–Crippen LogP) is 2.15. The molecule has 2 rings (SSSR count). The normalized spacial score (nSPS) is 10.1. The zero-order chi connectivity index (χ0) is 14.4. The van der Waals surface area contributed by atoms with Gasteiger partial charge in [0.05, 0.1) is 0 Å². The molecule has 3 N–H and O–H groups in total. The molecule has 0 bridgehead atoms. The molecule has 0 aliphatic carbocycles. The van der Waals surface area contributed by atoms with Crippen LogP contribution in [0.2, 0.25) is 0 Å². The van der Waals surface area contributed by atoms with Gasteiger partial charge < -0.3 is 15.7 Å². The Hall–Kier alpha value is -2.56. The van der Waals surface area contributed by atoms with E-state index >= 15 is 0 Å². The first kappa shape index (κ1) is 13.9. The van der Waals surface area contributed by atoms with Crippen LogP contribution in [-0.4, -0.2) is 22.5 Å². The van der Waals surface area contributed by atoms with Gasteiger partial charge in [0.15, 0.2) is 0 Å². The van der Waals surface area contributed by atoms with Gasteiger partial charge in [-0.1, -0.05) is 12.1 Å². The third-order valence-electron chi connectivity index (χ3n) is 2.76. The van der Waals surface area contributed by atoms with E-state index in [2.05, 4.69) is 15.6 Å². The summed E-state index contributed by atoms with van der Waals surface area (Å²) in [5, 5.41) is 15.1.